The van der Waals surface area contributed by atoms with Gasteiger partial charge in [-0.2, -0.15) is 0 Å². The van der Waals surface area contributed by atoms with Gasteiger partial charge >= 0.3 is 0 Å². The van der Waals surface area contributed by atoms with Gasteiger partial charge in [-0.3, -0.25) is 0 Å². The third kappa shape index (κ3) is 1.18. The van der Waals surface area contributed by atoms with Crippen molar-refractivity contribution in [3.63, 3.8) is 0 Å². The number of halogens is 1. The highest BCUT2D eigenvalue weighted by Crippen LogP contribution is 2.32. The minimum absolute atomic E-state index is 0.396. The van der Waals surface area contributed by atoms with Gasteiger partial charge in [-0.05, 0) is 34.2 Å². The van der Waals surface area contributed by atoms with Gasteiger partial charge in [-0.15, -0.1) is 0 Å². The van der Waals surface area contributed by atoms with E-state index in [1.807, 2.05) is 6.07 Å². The summed E-state index contributed by atoms with van der Waals surface area (Å²) in [6, 6.07) is 8.34. The number of ether oxygens (including phenoxy) is 1. The molecule has 0 unspecified atom stereocenters. The maximum atomic E-state index is 5.17. The Morgan fingerprint density at radius 1 is 1.40 bits per heavy atom. The number of epoxide rings is 1. The maximum Gasteiger partial charge on any atom is 0.107 e. The number of hydrogen-bond donors (Lipinski definition) is 0. The highest BCUT2D eigenvalue weighted by atomic mass is 127. The first-order valence-electron chi connectivity index (χ1n) is 3.24. The van der Waals surface area contributed by atoms with Gasteiger partial charge in [0.15, 0.2) is 0 Å². The summed E-state index contributed by atoms with van der Waals surface area (Å²) in [6.07, 6.45) is 0.396. The van der Waals surface area contributed by atoms with Crippen LogP contribution >= 0.6 is 22.6 Å². The van der Waals surface area contributed by atoms with E-state index in [-0.39, 0.29) is 0 Å². The van der Waals surface area contributed by atoms with E-state index in [1.165, 1.54) is 9.13 Å². The van der Waals surface area contributed by atoms with Crippen LogP contribution in [0.1, 0.15) is 11.7 Å². The van der Waals surface area contributed by atoms with Crippen LogP contribution in [0.4, 0.5) is 0 Å². The van der Waals surface area contributed by atoms with Crippen LogP contribution in [0.5, 0.6) is 0 Å². The first-order valence-corrected chi connectivity index (χ1v) is 4.32. The quantitative estimate of drug-likeness (QED) is 0.547. The normalized spacial score (nSPS) is 22.7. The molecule has 0 bridgehead atoms. The standard InChI is InChI=1S/C8H7IO/c9-7-4-2-1-3-6(7)8-5-10-8/h1-4,8H,5H2/t8-/m1/s1. The molecule has 1 aromatic rings. The van der Waals surface area contributed by atoms with E-state index < -0.39 is 0 Å². The molecule has 2 heteroatoms. The molecular weight excluding hydrogens is 239 g/mol. The molecule has 1 atom stereocenters. The van der Waals surface area contributed by atoms with Gasteiger partial charge in [0.2, 0.25) is 0 Å². The van der Waals surface area contributed by atoms with E-state index in [4.69, 9.17) is 4.74 Å². The highest BCUT2D eigenvalue weighted by molar-refractivity contribution is 14.1. The van der Waals surface area contributed by atoms with Gasteiger partial charge in [-0.1, -0.05) is 18.2 Å². The van der Waals surface area contributed by atoms with E-state index >= 15 is 0 Å². The predicted octanol–water partition coefficient (Wildman–Crippen LogP) is 2.36. The summed E-state index contributed by atoms with van der Waals surface area (Å²) in [6.45, 7) is 0.903. The molecule has 10 heavy (non-hydrogen) atoms. The van der Waals surface area contributed by atoms with E-state index in [2.05, 4.69) is 40.8 Å². The summed E-state index contributed by atoms with van der Waals surface area (Å²) in [5.74, 6) is 0. The molecular formula is C8H7IO. The van der Waals surface area contributed by atoms with Crippen molar-refractivity contribution in [3.8, 4) is 0 Å². The second kappa shape index (κ2) is 2.51. The zero-order valence-corrected chi connectivity index (χ0v) is 7.54. The Kier molecular flexibility index (Phi) is 1.66. The fourth-order valence-electron chi connectivity index (χ4n) is 0.964. The first kappa shape index (κ1) is 6.61. The van der Waals surface area contributed by atoms with E-state index in [1.54, 1.807) is 0 Å². The Labute approximate surface area is 73.5 Å². The van der Waals surface area contributed by atoms with Crippen molar-refractivity contribution in [2.75, 3.05) is 6.61 Å². The highest BCUT2D eigenvalue weighted by Gasteiger charge is 2.25. The van der Waals surface area contributed by atoms with Crippen molar-refractivity contribution in [1.82, 2.24) is 0 Å². The van der Waals surface area contributed by atoms with Crippen LogP contribution in [0.3, 0.4) is 0 Å². The number of rotatable bonds is 1. The van der Waals surface area contributed by atoms with Gasteiger partial charge in [0, 0.05) is 3.57 Å². The van der Waals surface area contributed by atoms with Crippen LogP contribution in [0.25, 0.3) is 0 Å². The lowest BCUT2D eigenvalue weighted by atomic mass is 10.2. The van der Waals surface area contributed by atoms with Crippen molar-refractivity contribution in [1.29, 1.82) is 0 Å². The van der Waals surface area contributed by atoms with Crippen LogP contribution in [0.2, 0.25) is 0 Å². The molecule has 1 aliphatic rings. The minimum Gasteiger partial charge on any atom is -0.368 e. The van der Waals surface area contributed by atoms with Crippen molar-refractivity contribution in [3.05, 3.63) is 33.4 Å². The number of hydrogen-bond acceptors (Lipinski definition) is 1. The average Bonchev–Trinajstić information content (AvgIpc) is 2.71. The molecule has 0 radical (unpaired) electrons. The second-order valence-electron chi connectivity index (χ2n) is 2.34. The summed E-state index contributed by atoms with van der Waals surface area (Å²) in [5, 5.41) is 0. The lowest BCUT2D eigenvalue weighted by Gasteiger charge is -1.96. The molecule has 52 valence electrons. The fourth-order valence-corrected chi connectivity index (χ4v) is 1.70. The van der Waals surface area contributed by atoms with Gasteiger partial charge in [0.05, 0.1) is 6.61 Å². The van der Waals surface area contributed by atoms with Crippen molar-refractivity contribution >= 4 is 22.6 Å². The molecule has 0 aliphatic carbocycles. The Bertz CT molecular complexity index is 243. The third-order valence-corrected chi connectivity index (χ3v) is 2.57. The summed E-state index contributed by atoms with van der Waals surface area (Å²) in [5.41, 5.74) is 1.34. The second-order valence-corrected chi connectivity index (χ2v) is 3.51. The number of benzene rings is 1. The van der Waals surface area contributed by atoms with Crippen LogP contribution in [0, 0.1) is 3.57 Å². The zero-order valence-electron chi connectivity index (χ0n) is 5.38. The Morgan fingerprint density at radius 2 is 2.10 bits per heavy atom. The van der Waals surface area contributed by atoms with Crippen LogP contribution in [-0.4, -0.2) is 6.61 Å². The first-order chi connectivity index (χ1) is 4.88. The minimum atomic E-state index is 0.396. The molecule has 0 spiro atoms. The summed E-state index contributed by atoms with van der Waals surface area (Å²) in [7, 11) is 0. The van der Waals surface area contributed by atoms with Gasteiger partial charge < -0.3 is 4.74 Å². The molecule has 2 rings (SSSR count). The molecule has 0 aromatic heterocycles. The molecule has 1 heterocycles. The molecule has 1 aromatic carbocycles. The fraction of sp³-hybridized carbons (Fsp3) is 0.250. The van der Waals surface area contributed by atoms with Crippen LogP contribution < -0.4 is 0 Å². The van der Waals surface area contributed by atoms with Crippen molar-refractivity contribution in [2.24, 2.45) is 0 Å². The maximum absolute atomic E-state index is 5.17. The SMILES string of the molecule is Ic1ccccc1[C@H]1CO1. The Balaban J connectivity index is 2.39. The monoisotopic (exact) mass is 246 g/mol. The molecule has 0 saturated carbocycles. The lowest BCUT2D eigenvalue weighted by Crippen LogP contribution is -1.83. The van der Waals surface area contributed by atoms with Gasteiger partial charge in [0.25, 0.3) is 0 Å². The van der Waals surface area contributed by atoms with Crippen molar-refractivity contribution in [2.45, 2.75) is 6.10 Å². The van der Waals surface area contributed by atoms with Crippen LogP contribution in [0.15, 0.2) is 24.3 Å². The molecule has 1 fully saturated rings. The summed E-state index contributed by atoms with van der Waals surface area (Å²) in [4.78, 5) is 0. The van der Waals surface area contributed by atoms with Gasteiger partial charge in [0.1, 0.15) is 6.10 Å². The summed E-state index contributed by atoms with van der Waals surface area (Å²) < 4.78 is 6.48. The smallest absolute Gasteiger partial charge is 0.107 e. The molecule has 1 nitrogen and oxygen atoms in total. The predicted molar refractivity (Wildman–Crippen MR) is 47.9 cm³/mol. The largest absolute Gasteiger partial charge is 0.368 e. The average molecular weight is 246 g/mol. The lowest BCUT2D eigenvalue weighted by molar-refractivity contribution is 0.415. The third-order valence-electron chi connectivity index (χ3n) is 1.59. The van der Waals surface area contributed by atoms with Gasteiger partial charge in [-0.25, -0.2) is 0 Å². The van der Waals surface area contributed by atoms with E-state index in [9.17, 15) is 0 Å². The Morgan fingerprint density at radius 3 is 2.70 bits per heavy atom. The van der Waals surface area contributed by atoms with Crippen LogP contribution in [-0.2, 0) is 4.74 Å². The van der Waals surface area contributed by atoms with E-state index in [0.717, 1.165) is 6.61 Å². The topological polar surface area (TPSA) is 12.5 Å². The molecule has 0 N–H and O–H groups in total. The molecule has 0 amide bonds. The molecule has 1 aliphatic heterocycles. The summed E-state index contributed by atoms with van der Waals surface area (Å²) >= 11 is 2.34. The van der Waals surface area contributed by atoms with Crippen molar-refractivity contribution < 1.29 is 4.74 Å². The zero-order chi connectivity index (χ0) is 6.97. The Hall–Kier alpha value is -0.0900. The van der Waals surface area contributed by atoms with E-state index in [0.29, 0.717) is 6.10 Å². The molecule has 1 saturated heterocycles.